The van der Waals surface area contributed by atoms with Gasteiger partial charge in [-0.05, 0) is 24.6 Å². The lowest BCUT2D eigenvalue weighted by Crippen LogP contribution is -2.17. The summed E-state index contributed by atoms with van der Waals surface area (Å²) in [4.78, 5) is 4.15. The second-order valence-corrected chi connectivity index (χ2v) is 4.17. The molecule has 1 aromatic heterocycles. The molecule has 3 nitrogen and oxygen atoms in total. The van der Waals surface area contributed by atoms with Crippen molar-refractivity contribution in [1.29, 1.82) is 0 Å². The van der Waals surface area contributed by atoms with Crippen molar-refractivity contribution < 1.29 is 13.2 Å². The Morgan fingerprint density at radius 1 is 1.26 bits per heavy atom. The lowest BCUT2D eigenvalue weighted by molar-refractivity contribution is -0.137. The van der Waals surface area contributed by atoms with Gasteiger partial charge in [-0.1, -0.05) is 12.1 Å². The van der Waals surface area contributed by atoms with Gasteiger partial charge in [-0.2, -0.15) is 13.2 Å². The third kappa shape index (κ3) is 2.78. The van der Waals surface area contributed by atoms with E-state index in [9.17, 15) is 13.2 Å². The molecule has 1 aromatic carbocycles. The maximum Gasteiger partial charge on any atom is 0.416 e. The second kappa shape index (κ2) is 5.05. The first-order valence-corrected chi connectivity index (χ1v) is 5.87. The zero-order chi connectivity index (χ0) is 14.0. The predicted octanol–water partition coefficient (Wildman–Crippen LogP) is 2.97. The number of hydrogen-bond acceptors (Lipinski definition) is 2. The van der Waals surface area contributed by atoms with E-state index in [2.05, 4.69) is 4.98 Å². The van der Waals surface area contributed by atoms with Crippen LogP contribution in [0.15, 0.2) is 36.7 Å². The van der Waals surface area contributed by atoms with E-state index in [1.54, 1.807) is 12.4 Å². The summed E-state index contributed by atoms with van der Waals surface area (Å²) < 4.78 is 39.3. The van der Waals surface area contributed by atoms with Crippen molar-refractivity contribution in [3.05, 3.63) is 53.6 Å². The molecule has 1 heterocycles. The Labute approximate surface area is 108 Å². The SMILES string of the molecule is CCn1ccnc1C(N)c1ccc(C(F)(F)F)cc1. The molecule has 0 aliphatic carbocycles. The van der Waals surface area contributed by atoms with Crippen LogP contribution in [0.25, 0.3) is 0 Å². The van der Waals surface area contributed by atoms with Gasteiger partial charge in [-0.15, -0.1) is 0 Å². The Bertz CT molecular complexity index is 543. The topological polar surface area (TPSA) is 43.8 Å². The van der Waals surface area contributed by atoms with Crippen LogP contribution in [0.5, 0.6) is 0 Å². The summed E-state index contributed by atoms with van der Waals surface area (Å²) in [6.45, 7) is 2.66. The summed E-state index contributed by atoms with van der Waals surface area (Å²) >= 11 is 0. The quantitative estimate of drug-likeness (QED) is 0.931. The highest BCUT2D eigenvalue weighted by Crippen LogP contribution is 2.30. The van der Waals surface area contributed by atoms with E-state index in [1.807, 2.05) is 11.5 Å². The molecule has 2 N–H and O–H groups in total. The van der Waals surface area contributed by atoms with Gasteiger partial charge in [0, 0.05) is 18.9 Å². The molecule has 0 radical (unpaired) electrons. The molecule has 0 amide bonds. The second-order valence-electron chi connectivity index (χ2n) is 4.17. The first kappa shape index (κ1) is 13.6. The molecule has 1 unspecified atom stereocenters. The standard InChI is InChI=1S/C13H14F3N3/c1-2-19-8-7-18-12(19)11(17)9-3-5-10(6-4-9)13(14,15)16/h3-8,11H,2,17H2,1H3. The Morgan fingerprint density at radius 3 is 2.42 bits per heavy atom. The molecule has 2 aromatic rings. The van der Waals surface area contributed by atoms with Crippen LogP contribution < -0.4 is 5.73 Å². The van der Waals surface area contributed by atoms with Crippen LogP contribution in [-0.4, -0.2) is 9.55 Å². The fraction of sp³-hybridized carbons (Fsp3) is 0.308. The average molecular weight is 269 g/mol. The number of alkyl halides is 3. The Kier molecular flexibility index (Phi) is 3.61. The average Bonchev–Trinajstić information content (AvgIpc) is 2.85. The molecule has 1 atom stereocenters. The van der Waals surface area contributed by atoms with Crippen LogP contribution >= 0.6 is 0 Å². The molecule has 0 aliphatic heterocycles. The fourth-order valence-electron chi connectivity index (χ4n) is 1.90. The molecule has 0 spiro atoms. The first-order chi connectivity index (χ1) is 8.93. The molecule has 0 saturated carbocycles. The highest BCUT2D eigenvalue weighted by Gasteiger charge is 2.30. The Hall–Kier alpha value is -1.82. The van der Waals surface area contributed by atoms with E-state index >= 15 is 0 Å². The van der Waals surface area contributed by atoms with E-state index in [0.717, 1.165) is 12.1 Å². The third-order valence-corrected chi connectivity index (χ3v) is 2.96. The zero-order valence-electron chi connectivity index (χ0n) is 10.4. The first-order valence-electron chi connectivity index (χ1n) is 5.87. The van der Waals surface area contributed by atoms with Crippen molar-refractivity contribution in [1.82, 2.24) is 9.55 Å². The molecule has 0 fully saturated rings. The number of nitrogens with zero attached hydrogens (tertiary/aromatic N) is 2. The van der Waals surface area contributed by atoms with Gasteiger partial charge < -0.3 is 10.3 Å². The van der Waals surface area contributed by atoms with E-state index in [4.69, 9.17) is 5.73 Å². The van der Waals surface area contributed by atoms with Gasteiger partial charge in [0.15, 0.2) is 0 Å². The lowest BCUT2D eigenvalue weighted by atomic mass is 10.0. The minimum absolute atomic E-state index is 0.530. The van der Waals surface area contributed by atoms with Gasteiger partial charge >= 0.3 is 6.18 Å². The minimum atomic E-state index is -4.33. The normalized spacial score (nSPS) is 13.5. The number of hydrogen-bond donors (Lipinski definition) is 1. The van der Waals surface area contributed by atoms with Crippen LogP contribution in [0.2, 0.25) is 0 Å². The van der Waals surface area contributed by atoms with E-state index in [-0.39, 0.29) is 0 Å². The summed E-state index contributed by atoms with van der Waals surface area (Å²) in [6.07, 6.45) is -0.910. The van der Waals surface area contributed by atoms with Gasteiger partial charge in [0.05, 0.1) is 11.6 Å². The molecule has 6 heteroatoms. The molecular weight excluding hydrogens is 255 g/mol. The van der Waals surface area contributed by atoms with E-state index < -0.39 is 17.8 Å². The summed E-state index contributed by atoms with van der Waals surface area (Å²) in [7, 11) is 0. The summed E-state index contributed by atoms with van der Waals surface area (Å²) in [5, 5.41) is 0. The van der Waals surface area contributed by atoms with Crippen LogP contribution in [0.3, 0.4) is 0 Å². The fourth-order valence-corrected chi connectivity index (χ4v) is 1.90. The number of benzene rings is 1. The Morgan fingerprint density at radius 2 is 1.89 bits per heavy atom. The van der Waals surface area contributed by atoms with Crippen molar-refractivity contribution in [2.45, 2.75) is 25.7 Å². The molecule has 19 heavy (non-hydrogen) atoms. The lowest BCUT2D eigenvalue weighted by Gasteiger charge is -2.14. The van der Waals surface area contributed by atoms with Gasteiger partial charge in [0.25, 0.3) is 0 Å². The van der Waals surface area contributed by atoms with Crippen LogP contribution in [0, 0.1) is 0 Å². The van der Waals surface area contributed by atoms with Crippen molar-refractivity contribution >= 4 is 0 Å². The molecular formula is C13H14F3N3. The molecule has 102 valence electrons. The number of nitrogens with two attached hydrogens (primary N) is 1. The largest absolute Gasteiger partial charge is 0.416 e. The molecule has 0 bridgehead atoms. The number of aromatic nitrogens is 2. The maximum atomic E-state index is 12.5. The van der Waals surface area contributed by atoms with Gasteiger partial charge in [0.1, 0.15) is 5.82 Å². The van der Waals surface area contributed by atoms with Crippen LogP contribution in [-0.2, 0) is 12.7 Å². The summed E-state index contributed by atoms with van der Waals surface area (Å²) in [5.74, 6) is 0.641. The van der Waals surface area contributed by atoms with Gasteiger partial charge in [-0.25, -0.2) is 4.98 Å². The van der Waals surface area contributed by atoms with Crippen molar-refractivity contribution in [3.63, 3.8) is 0 Å². The van der Waals surface area contributed by atoms with E-state index in [1.165, 1.54) is 12.1 Å². The number of imidazole rings is 1. The van der Waals surface area contributed by atoms with Crippen molar-refractivity contribution in [2.24, 2.45) is 5.73 Å². The van der Waals surface area contributed by atoms with E-state index in [0.29, 0.717) is 17.9 Å². The number of aryl methyl sites for hydroxylation is 1. The molecule has 0 aliphatic rings. The van der Waals surface area contributed by atoms with Gasteiger partial charge in [0.2, 0.25) is 0 Å². The molecule has 0 saturated heterocycles. The van der Waals surface area contributed by atoms with Gasteiger partial charge in [-0.3, -0.25) is 0 Å². The Balaban J connectivity index is 2.28. The molecule has 2 rings (SSSR count). The monoisotopic (exact) mass is 269 g/mol. The number of rotatable bonds is 3. The smallest absolute Gasteiger partial charge is 0.334 e. The maximum absolute atomic E-state index is 12.5. The van der Waals surface area contributed by atoms with Crippen LogP contribution in [0.4, 0.5) is 13.2 Å². The zero-order valence-corrected chi connectivity index (χ0v) is 10.4. The highest BCUT2D eigenvalue weighted by molar-refractivity contribution is 5.29. The summed E-state index contributed by atoms with van der Waals surface area (Å²) in [5.41, 5.74) is 5.96. The highest BCUT2D eigenvalue weighted by atomic mass is 19.4. The number of halogens is 3. The van der Waals surface area contributed by atoms with Crippen molar-refractivity contribution in [2.75, 3.05) is 0 Å². The third-order valence-electron chi connectivity index (χ3n) is 2.96. The van der Waals surface area contributed by atoms with Crippen LogP contribution in [0.1, 0.15) is 29.9 Å². The summed E-state index contributed by atoms with van der Waals surface area (Å²) in [6, 6.07) is 4.32. The minimum Gasteiger partial charge on any atom is -0.334 e. The predicted molar refractivity (Wildman–Crippen MR) is 65.4 cm³/mol. The van der Waals surface area contributed by atoms with Crippen molar-refractivity contribution in [3.8, 4) is 0 Å².